The highest BCUT2D eigenvalue weighted by Crippen LogP contribution is 2.11. The van der Waals surface area contributed by atoms with Crippen molar-refractivity contribution < 1.29 is 12.8 Å². The summed E-state index contributed by atoms with van der Waals surface area (Å²) in [5.74, 6) is 0. The van der Waals surface area contributed by atoms with E-state index in [1.54, 1.807) is 13.0 Å². The molecule has 0 saturated heterocycles. The molecule has 0 spiro atoms. The van der Waals surface area contributed by atoms with Crippen LogP contribution in [-0.4, -0.2) is 18.6 Å². The van der Waals surface area contributed by atoms with Crippen LogP contribution in [0.5, 0.6) is 0 Å². The Labute approximate surface area is 92.7 Å². The van der Waals surface area contributed by atoms with E-state index in [2.05, 4.69) is 14.9 Å². The van der Waals surface area contributed by atoms with E-state index in [1.165, 1.54) is 18.7 Å². The van der Waals surface area contributed by atoms with Gasteiger partial charge in [0, 0.05) is 12.1 Å². The monoisotopic (exact) mass is 241 g/mol. The molecule has 86 valence electrons. The van der Waals surface area contributed by atoms with Gasteiger partial charge < -0.3 is 4.42 Å². The zero-order chi connectivity index (χ0) is 11.6. The Hall–Kier alpha value is -1.60. The number of H-pyrrole nitrogens is 1. The largest absolute Gasteiger partial charge is 0.472 e. The number of hydrogen-bond donors (Lipinski definition) is 2. The van der Waals surface area contributed by atoms with Crippen molar-refractivity contribution in [2.75, 3.05) is 0 Å². The lowest BCUT2D eigenvalue weighted by Gasteiger charge is -2.03. The zero-order valence-corrected chi connectivity index (χ0v) is 9.41. The molecule has 0 fully saturated rings. The minimum Gasteiger partial charge on any atom is -0.472 e. The van der Waals surface area contributed by atoms with Gasteiger partial charge in [0.25, 0.3) is 0 Å². The molecule has 0 saturated carbocycles. The highest BCUT2D eigenvalue weighted by molar-refractivity contribution is 7.89. The summed E-state index contributed by atoms with van der Waals surface area (Å²) in [6, 6.07) is 1.70. The third-order valence-electron chi connectivity index (χ3n) is 2.12. The minimum absolute atomic E-state index is 0.163. The first-order valence-corrected chi connectivity index (χ1v) is 6.08. The molecule has 0 radical (unpaired) electrons. The Kier molecular flexibility index (Phi) is 2.80. The number of hydrogen-bond acceptors (Lipinski definition) is 4. The molecule has 0 aliphatic heterocycles. The fraction of sp³-hybridized carbons (Fsp3) is 0.222. The van der Waals surface area contributed by atoms with Gasteiger partial charge in [-0.05, 0) is 13.0 Å². The molecular weight excluding hydrogens is 230 g/mol. The highest BCUT2D eigenvalue weighted by atomic mass is 32.2. The maximum absolute atomic E-state index is 11.8. The molecule has 0 unspecified atom stereocenters. The van der Waals surface area contributed by atoms with E-state index in [0.29, 0.717) is 5.69 Å². The van der Waals surface area contributed by atoms with E-state index < -0.39 is 10.0 Å². The maximum Gasteiger partial charge on any atom is 0.244 e. The molecule has 6 nitrogen and oxygen atoms in total. The molecule has 2 aromatic rings. The number of furan rings is 1. The third kappa shape index (κ3) is 2.15. The number of nitrogens with one attached hydrogen (secondary N) is 2. The standard InChI is InChI=1S/C9H11N3O3S/c1-7-9(5-10-12-7)16(13,14)11-4-8-2-3-15-6-8/h2-3,5-6,11H,4H2,1H3,(H,10,12). The molecule has 2 heterocycles. The van der Waals surface area contributed by atoms with Crippen molar-refractivity contribution in [1.29, 1.82) is 0 Å². The molecule has 0 amide bonds. The quantitative estimate of drug-likeness (QED) is 0.828. The van der Waals surface area contributed by atoms with Gasteiger partial charge in [0.15, 0.2) is 0 Å². The van der Waals surface area contributed by atoms with E-state index >= 15 is 0 Å². The summed E-state index contributed by atoms with van der Waals surface area (Å²) in [6.45, 7) is 1.85. The van der Waals surface area contributed by atoms with Gasteiger partial charge in [0.2, 0.25) is 10.0 Å². The Morgan fingerprint density at radius 3 is 2.94 bits per heavy atom. The number of aromatic nitrogens is 2. The van der Waals surface area contributed by atoms with E-state index in [-0.39, 0.29) is 11.4 Å². The second kappa shape index (κ2) is 4.11. The number of aryl methyl sites for hydroxylation is 1. The number of rotatable bonds is 4. The van der Waals surface area contributed by atoms with Crippen molar-refractivity contribution in [2.24, 2.45) is 0 Å². The lowest BCUT2D eigenvalue weighted by molar-refractivity contribution is 0.561. The van der Waals surface area contributed by atoms with Crippen molar-refractivity contribution in [2.45, 2.75) is 18.4 Å². The van der Waals surface area contributed by atoms with Crippen molar-refractivity contribution in [3.05, 3.63) is 36.0 Å². The molecule has 0 aromatic carbocycles. The van der Waals surface area contributed by atoms with Crippen molar-refractivity contribution in [3.8, 4) is 0 Å². The van der Waals surface area contributed by atoms with Gasteiger partial charge in [0.05, 0.1) is 24.4 Å². The molecule has 7 heteroatoms. The van der Waals surface area contributed by atoms with Crippen LogP contribution in [0.3, 0.4) is 0 Å². The molecule has 0 aliphatic rings. The highest BCUT2D eigenvalue weighted by Gasteiger charge is 2.17. The first-order chi connectivity index (χ1) is 7.59. The summed E-state index contributed by atoms with van der Waals surface area (Å²) in [6.07, 6.45) is 4.27. The molecular formula is C9H11N3O3S. The fourth-order valence-corrected chi connectivity index (χ4v) is 2.41. The summed E-state index contributed by atoms with van der Waals surface area (Å²) < 4.78 is 30.9. The molecule has 0 bridgehead atoms. The Morgan fingerprint density at radius 1 is 1.56 bits per heavy atom. The molecule has 0 atom stereocenters. The van der Waals surface area contributed by atoms with Crippen LogP contribution in [0.25, 0.3) is 0 Å². The van der Waals surface area contributed by atoms with Gasteiger partial charge in [0.1, 0.15) is 4.90 Å². The van der Waals surface area contributed by atoms with Crippen LogP contribution >= 0.6 is 0 Å². The van der Waals surface area contributed by atoms with Gasteiger partial charge in [-0.25, -0.2) is 13.1 Å². The molecule has 2 aromatic heterocycles. The van der Waals surface area contributed by atoms with E-state index in [9.17, 15) is 8.42 Å². The van der Waals surface area contributed by atoms with Crippen LogP contribution in [0.15, 0.2) is 34.1 Å². The normalized spacial score (nSPS) is 11.8. The summed E-state index contributed by atoms with van der Waals surface area (Å²) in [5.41, 5.74) is 1.28. The van der Waals surface area contributed by atoms with Crippen LogP contribution in [0.1, 0.15) is 11.3 Å². The second-order valence-electron chi connectivity index (χ2n) is 3.32. The smallest absolute Gasteiger partial charge is 0.244 e. The minimum atomic E-state index is -3.51. The van der Waals surface area contributed by atoms with Gasteiger partial charge in [-0.2, -0.15) is 5.10 Å². The summed E-state index contributed by atoms with van der Waals surface area (Å²) in [4.78, 5) is 0.163. The van der Waals surface area contributed by atoms with Crippen LogP contribution in [0.4, 0.5) is 0 Å². The van der Waals surface area contributed by atoms with Crippen LogP contribution in [0, 0.1) is 6.92 Å². The molecule has 0 aliphatic carbocycles. The lowest BCUT2D eigenvalue weighted by atomic mass is 10.4. The average Bonchev–Trinajstić information content (AvgIpc) is 2.85. The van der Waals surface area contributed by atoms with Gasteiger partial charge in [-0.3, -0.25) is 5.10 Å². The van der Waals surface area contributed by atoms with Gasteiger partial charge >= 0.3 is 0 Å². The molecule has 2 rings (SSSR count). The topological polar surface area (TPSA) is 88.0 Å². The second-order valence-corrected chi connectivity index (χ2v) is 5.05. The number of sulfonamides is 1. The maximum atomic E-state index is 11.8. The summed E-state index contributed by atoms with van der Waals surface area (Å²) in [5, 5.41) is 6.25. The van der Waals surface area contributed by atoms with Crippen LogP contribution in [0.2, 0.25) is 0 Å². The lowest BCUT2D eigenvalue weighted by Crippen LogP contribution is -2.23. The SMILES string of the molecule is Cc1[nH]ncc1S(=O)(=O)NCc1ccoc1. The Bertz CT molecular complexity index is 557. The Balaban J connectivity index is 2.13. The average molecular weight is 241 g/mol. The predicted octanol–water partition coefficient (Wildman–Crippen LogP) is 0.790. The van der Waals surface area contributed by atoms with Crippen LogP contribution in [-0.2, 0) is 16.6 Å². The molecule has 2 N–H and O–H groups in total. The number of nitrogens with zero attached hydrogens (tertiary/aromatic N) is 1. The van der Waals surface area contributed by atoms with E-state index in [1.807, 2.05) is 0 Å². The van der Waals surface area contributed by atoms with Crippen LogP contribution < -0.4 is 4.72 Å². The number of aromatic amines is 1. The van der Waals surface area contributed by atoms with Crippen molar-refractivity contribution in [3.63, 3.8) is 0 Å². The zero-order valence-electron chi connectivity index (χ0n) is 8.60. The summed E-state index contributed by atoms with van der Waals surface area (Å²) in [7, 11) is -3.51. The van der Waals surface area contributed by atoms with Crippen molar-refractivity contribution >= 4 is 10.0 Å². The predicted molar refractivity (Wildman–Crippen MR) is 56.1 cm³/mol. The summed E-state index contributed by atoms with van der Waals surface area (Å²) >= 11 is 0. The third-order valence-corrected chi connectivity index (χ3v) is 3.63. The van der Waals surface area contributed by atoms with Gasteiger partial charge in [-0.1, -0.05) is 0 Å². The van der Waals surface area contributed by atoms with E-state index in [4.69, 9.17) is 4.42 Å². The van der Waals surface area contributed by atoms with Crippen molar-refractivity contribution in [1.82, 2.24) is 14.9 Å². The van der Waals surface area contributed by atoms with E-state index in [0.717, 1.165) is 5.56 Å². The Morgan fingerprint density at radius 2 is 2.38 bits per heavy atom. The first-order valence-electron chi connectivity index (χ1n) is 4.60. The fourth-order valence-electron chi connectivity index (χ4n) is 1.26. The van der Waals surface area contributed by atoms with Gasteiger partial charge in [-0.15, -0.1) is 0 Å². The first kappa shape index (κ1) is 10.9. The molecule has 16 heavy (non-hydrogen) atoms.